The number of rotatable bonds is 4. The highest BCUT2D eigenvalue weighted by molar-refractivity contribution is 5.65. The van der Waals surface area contributed by atoms with E-state index in [1.807, 2.05) is 6.07 Å². The van der Waals surface area contributed by atoms with Crippen LogP contribution in [-0.2, 0) is 0 Å². The van der Waals surface area contributed by atoms with Crippen molar-refractivity contribution in [2.45, 2.75) is 32.7 Å². The van der Waals surface area contributed by atoms with E-state index in [9.17, 15) is 0 Å². The van der Waals surface area contributed by atoms with Gasteiger partial charge in [0.2, 0.25) is 0 Å². The van der Waals surface area contributed by atoms with E-state index in [1.54, 1.807) is 12.4 Å². The average molecular weight is 193 g/mol. The summed E-state index contributed by atoms with van der Waals surface area (Å²) in [6, 6.07) is 2.48. The van der Waals surface area contributed by atoms with Gasteiger partial charge in [0.25, 0.3) is 0 Å². The molecule has 0 aromatic carbocycles. The number of nitrogens with two attached hydrogens (primary N) is 1. The van der Waals surface area contributed by atoms with E-state index in [-0.39, 0.29) is 0 Å². The summed E-state index contributed by atoms with van der Waals surface area (Å²) in [7, 11) is 2.08. The summed E-state index contributed by atoms with van der Waals surface area (Å²) in [6.45, 7) is 4.41. The van der Waals surface area contributed by atoms with Crippen molar-refractivity contribution < 1.29 is 0 Å². The Morgan fingerprint density at radius 2 is 2.29 bits per heavy atom. The second-order valence-electron chi connectivity index (χ2n) is 3.68. The van der Waals surface area contributed by atoms with Gasteiger partial charge < -0.3 is 10.6 Å². The third-order valence-electron chi connectivity index (χ3n) is 2.58. The first-order valence-corrected chi connectivity index (χ1v) is 5.09. The molecule has 1 aromatic rings. The van der Waals surface area contributed by atoms with Crippen molar-refractivity contribution in [3.05, 3.63) is 18.5 Å². The lowest BCUT2D eigenvalue weighted by molar-refractivity contribution is 0.616. The van der Waals surface area contributed by atoms with Crippen LogP contribution in [0.4, 0.5) is 11.4 Å². The van der Waals surface area contributed by atoms with Crippen molar-refractivity contribution in [3.63, 3.8) is 0 Å². The maximum absolute atomic E-state index is 5.85. The third kappa shape index (κ3) is 2.37. The van der Waals surface area contributed by atoms with E-state index in [1.165, 1.54) is 12.8 Å². The van der Waals surface area contributed by atoms with Crippen molar-refractivity contribution in [2.75, 3.05) is 17.7 Å². The molecule has 3 heteroatoms. The maximum Gasteiger partial charge on any atom is 0.0738 e. The minimum Gasteiger partial charge on any atom is -0.396 e. The zero-order valence-electron chi connectivity index (χ0n) is 9.20. The Kier molecular flexibility index (Phi) is 3.74. The summed E-state index contributed by atoms with van der Waals surface area (Å²) >= 11 is 0. The first-order valence-electron chi connectivity index (χ1n) is 5.09. The van der Waals surface area contributed by atoms with Crippen molar-refractivity contribution in [2.24, 2.45) is 0 Å². The van der Waals surface area contributed by atoms with Gasteiger partial charge in [0.05, 0.1) is 17.6 Å². The number of pyridine rings is 1. The second kappa shape index (κ2) is 4.84. The molecule has 1 unspecified atom stereocenters. The van der Waals surface area contributed by atoms with Crippen molar-refractivity contribution in [3.8, 4) is 0 Å². The molecule has 0 aliphatic rings. The minimum atomic E-state index is 0.518. The van der Waals surface area contributed by atoms with Gasteiger partial charge in [-0.15, -0.1) is 0 Å². The Labute approximate surface area is 85.9 Å². The van der Waals surface area contributed by atoms with E-state index in [2.05, 4.69) is 30.8 Å². The van der Waals surface area contributed by atoms with Crippen molar-refractivity contribution >= 4 is 11.4 Å². The molecule has 3 nitrogen and oxygen atoms in total. The Morgan fingerprint density at radius 1 is 1.57 bits per heavy atom. The molecule has 0 bridgehead atoms. The molecule has 0 fully saturated rings. The molecule has 2 N–H and O–H groups in total. The zero-order chi connectivity index (χ0) is 10.6. The van der Waals surface area contributed by atoms with Gasteiger partial charge >= 0.3 is 0 Å². The molecule has 0 saturated heterocycles. The van der Waals surface area contributed by atoms with Crippen LogP contribution in [0, 0.1) is 0 Å². The van der Waals surface area contributed by atoms with Crippen LogP contribution in [0.1, 0.15) is 26.7 Å². The summed E-state index contributed by atoms with van der Waals surface area (Å²) in [5.41, 5.74) is 7.67. The van der Waals surface area contributed by atoms with Crippen LogP contribution in [0.5, 0.6) is 0 Å². The first-order chi connectivity index (χ1) is 6.66. The summed E-state index contributed by atoms with van der Waals surface area (Å²) in [5, 5.41) is 0. The maximum atomic E-state index is 5.85. The van der Waals surface area contributed by atoms with Gasteiger partial charge in [-0.25, -0.2) is 0 Å². The lowest BCUT2D eigenvalue weighted by Gasteiger charge is -2.27. The van der Waals surface area contributed by atoms with Gasteiger partial charge in [-0.2, -0.15) is 0 Å². The lowest BCUT2D eigenvalue weighted by atomic mass is 10.1. The van der Waals surface area contributed by atoms with E-state index >= 15 is 0 Å². The third-order valence-corrected chi connectivity index (χ3v) is 2.58. The van der Waals surface area contributed by atoms with Gasteiger partial charge in [-0.1, -0.05) is 13.3 Å². The number of aromatic nitrogens is 1. The van der Waals surface area contributed by atoms with Gasteiger partial charge in [0.15, 0.2) is 0 Å². The molecular formula is C11H19N3. The SMILES string of the molecule is CCCC(C)N(C)c1ccncc1N. The molecule has 0 aliphatic carbocycles. The normalized spacial score (nSPS) is 12.5. The van der Waals surface area contributed by atoms with Crippen LogP contribution in [0.25, 0.3) is 0 Å². The van der Waals surface area contributed by atoms with Gasteiger partial charge in [-0.05, 0) is 19.4 Å². The fourth-order valence-electron chi connectivity index (χ4n) is 1.57. The van der Waals surface area contributed by atoms with E-state index < -0.39 is 0 Å². The number of hydrogen-bond acceptors (Lipinski definition) is 3. The molecule has 14 heavy (non-hydrogen) atoms. The van der Waals surface area contributed by atoms with Crippen LogP contribution < -0.4 is 10.6 Å². The summed E-state index contributed by atoms with van der Waals surface area (Å²) < 4.78 is 0. The fraction of sp³-hybridized carbons (Fsp3) is 0.545. The number of hydrogen-bond donors (Lipinski definition) is 1. The smallest absolute Gasteiger partial charge is 0.0738 e. The highest BCUT2D eigenvalue weighted by Crippen LogP contribution is 2.22. The van der Waals surface area contributed by atoms with Crippen LogP contribution in [0.15, 0.2) is 18.5 Å². The van der Waals surface area contributed by atoms with Crippen LogP contribution >= 0.6 is 0 Å². The minimum absolute atomic E-state index is 0.518. The molecule has 1 heterocycles. The van der Waals surface area contributed by atoms with Crippen LogP contribution in [0.2, 0.25) is 0 Å². The largest absolute Gasteiger partial charge is 0.396 e. The van der Waals surface area contributed by atoms with Crippen LogP contribution in [-0.4, -0.2) is 18.1 Å². The highest BCUT2D eigenvalue weighted by Gasteiger charge is 2.10. The molecule has 0 amide bonds. The summed E-state index contributed by atoms with van der Waals surface area (Å²) in [4.78, 5) is 6.19. The van der Waals surface area contributed by atoms with Gasteiger partial charge in [0, 0.05) is 19.3 Å². The lowest BCUT2D eigenvalue weighted by Crippen LogP contribution is -2.29. The predicted octanol–water partition coefficient (Wildman–Crippen LogP) is 2.29. The Bertz CT molecular complexity index is 286. The number of nitrogen functional groups attached to an aromatic ring is 1. The van der Waals surface area contributed by atoms with E-state index in [0.717, 1.165) is 11.4 Å². The molecule has 0 saturated carbocycles. The topological polar surface area (TPSA) is 42.2 Å². The molecule has 0 radical (unpaired) electrons. The Hall–Kier alpha value is -1.25. The molecule has 0 aliphatic heterocycles. The highest BCUT2D eigenvalue weighted by atomic mass is 15.1. The fourth-order valence-corrected chi connectivity index (χ4v) is 1.57. The summed E-state index contributed by atoms with van der Waals surface area (Å²) in [6.07, 6.45) is 5.85. The first kappa shape index (κ1) is 10.8. The molecule has 78 valence electrons. The van der Waals surface area contributed by atoms with Gasteiger partial charge in [-0.3, -0.25) is 4.98 Å². The quantitative estimate of drug-likeness (QED) is 0.797. The van der Waals surface area contributed by atoms with Gasteiger partial charge in [0.1, 0.15) is 0 Å². The Morgan fingerprint density at radius 3 is 2.86 bits per heavy atom. The van der Waals surface area contributed by atoms with E-state index in [4.69, 9.17) is 5.73 Å². The molecule has 1 rings (SSSR count). The molecule has 1 aromatic heterocycles. The predicted molar refractivity (Wildman–Crippen MR) is 61.4 cm³/mol. The van der Waals surface area contributed by atoms with E-state index in [0.29, 0.717) is 6.04 Å². The monoisotopic (exact) mass is 193 g/mol. The second-order valence-corrected chi connectivity index (χ2v) is 3.68. The molecule has 1 atom stereocenters. The van der Waals surface area contributed by atoms with Crippen molar-refractivity contribution in [1.29, 1.82) is 0 Å². The molecular weight excluding hydrogens is 174 g/mol. The summed E-state index contributed by atoms with van der Waals surface area (Å²) in [5.74, 6) is 0. The number of anilines is 2. The standard InChI is InChI=1S/C11H19N3/c1-4-5-9(2)14(3)11-6-7-13-8-10(11)12/h6-9H,4-5,12H2,1-3H3. The Balaban J connectivity index is 2.78. The number of nitrogens with zero attached hydrogens (tertiary/aromatic N) is 2. The zero-order valence-corrected chi connectivity index (χ0v) is 9.20. The molecule has 0 spiro atoms. The van der Waals surface area contributed by atoms with Crippen molar-refractivity contribution in [1.82, 2.24) is 4.98 Å². The van der Waals surface area contributed by atoms with Crippen LogP contribution in [0.3, 0.4) is 0 Å². The average Bonchev–Trinajstić information content (AvgIpc) is 2.18.